The minimum absolute atomic E-state index is 0.196. The molecule has 0 N–H and O–H groups in total. The van der Waals surface area contributed by atoms with Crippen molar-refractivity contribution < 1.29 is 9.22 Å². The Hall–Kier alpha value is -0.463. The summed E-state index contributed by atoms with van der Waals surface area (Å²) in [7, 11) is -1.73. The first-order valence-corrected chi connectivity index (χ1v) is 10.1. The minimum atomic E-state index is -1.73. The zero-order valence-electron chi connectivity index (χ0n) is 12.6. The maximum absolute atomic E-state index is 11.1. The van der Waals surface area contributed by atoms with Crippen molar-refractivity contribution in [2.45, 2.75) is 52.4 Å². The van der Waals surface area contributed by atoms with E-state index in [2.05, 4.69) is 54.9 Å². The fraction of sp³-hybridized carbons (Fsp3) is 0.692. The molecule has 0 fully saturated rings. The summed E-state index contributed by atoms with van der Waals surface area (Å²) in [6.07, 6.45) is 0.830. The number of carbonyl (C=O) groups is 1. The van der Waals surface area contributed by atoms with E-state index < -0.39 is 8.32 Å². The zero-order valence-corrected chi connectivity index (χ0v) is 15.2. The number of aryl methyl sites for hydroxylation is 1. The molecular formula is C13H23BrN2O2Si. The number of rotatable bonds is 5. The van der Waals surface area contributed by atoms with Gasteiger partial charge in [0.25, 0.3) is 0 Å². The predicted octanol–water partition coefficient (Wildman–Crippen LogP) is 3.79. The van der Waals surface area contributed by atoms with Gasteiger partial charge in [0.05, 0.1) is 23.3 Å². The van der Waals surface area contributed by atoms with Crippen molar-refractivity contribution >= 4 is 30.5 Å². The Bertz CT molecular complexity index is 464. The van der Waals surface area contributed by atoms with Crippen molar-refractivity contribution in [1.82, 2.24) is 9.78 Å². The van der Waals surface area contributed by atoms with E-state index >= 15 is 0 Å². The van der Waals surface area contributed by atoms with Gasteiger partial charge in [-0.25, -0.2) is 0 Å². The molecule has 0 saturated heterocycles. The first-order valence-electron chi connectivity index (χ1n) is 6.42. The highest BCUT2D eigenvalue weighted by atomic mass is 79.9. The average molecular weight is 347 g/mol. The number of aromatic nitrogens is 2. The highest BCUT2D eigenvalue weighted by Crippen LogP contribution is 2.36. The summed E-state index contributed by atoms with van der Waals surface area (Å²) < 4.78 is 8.57. The fourth-order valence-electron chi connectivity index (χ4n) is 1.46. The molecule has 1 aromatic heterocycles. The molecule has 1 heterocycles. The Kier molecular flexibility index (Phi) is 5.14. The topological polar surface area (TPSA) is 44.1 Å². The third kappa shape index (κ3) is 3.76. The highest BCUT2D eigenvalue weighted by molar-refractivity contribution is 9.10. The van der Waals surface area contributed by atoms with Crippen molar-refractivity contribution in [2.24, 2.45) is 0 Å². The van der Waals surface area contributed by atoms with E-state index in [1.807, 2.05) is 6.92 Å². The summed E-state index contributed by atoms with van der Waals surface area (Å²) in [4.78, 5) is 11.1. The van der Waals surface area contributed by atoms with Crippen LogP contribution in [0.3, 0.4) is 0 Å². The summed E-state index contributed by atoms with van der Waals surface area (Å²) in [6, 6.07) is 0. The molecule has 0 radical (unpaired) electrons. The summed E-state index contributed by atoms with van der Waals surface area (Å²) in [6.45, 7) is 14.1. The second-order valence-corrected chi connectivity index (χ2v) is 11.8. The lowest BCUT2D eigenvalue weighted by molar-refractivity contribution is 0.111. The number of nitrogens with zero attached hydrogens (tertiary/aromatic N) is 2. The van der Waals surface area contributed by atoms with Crippen molar-refractivity contribution in [3.05, 3.63) is 15.9 Å². The van der Waals surface area contributed by atoms with Crippen LogP contribution in [0.25, 0.3) is 0 Å². The van der Waals surface area contributed by atoms with Gasteiger partial charge >= 0.3 is 0 Å². The van der Waals surface area contributed by atoms with E-state index in [0.717, 1.165) is 16.5 Å². The van der Waals surface area contributed by atoms with Gasteiger partial charge in [-0.15, -0.1) is 0 Å². The van der Waals surface area contributed by atoms with Gasteiger partial charge in [-0.3, -0.25) is 9.48 Å². The number of aldehydes is 1. The zero-order chi connectivity index (χ0) is 14.8. The Morgan fingerprint density at radius 1 is 1.42 bits per heavy atom. The fourth-order valence-corrected chi connectivity index (χ4v) is 2.88. The maximum Gasteiger partial charge on any atom is 0.192 e. The lowest BCUT2D eigenvalue weighted by Gasteiger charge is -2.36. The first-order chi connectivity index (χ1) is 8.60. The molecule has 0 aliphatic heterocycles. The van der Waals surface area contributed by atoms with Crippen LogP contribution >= 0.6 is 15.9 Å². The summed E-state index contributed by atoms with van der Waals surface area (Å²) in [5.41, 5.74) is 1.41. The monoisotopic (exact) mass is 346 g/mol. The SMILES string of the molecule is Cc1nn(CCO[Si](C)(C)C(C)(C)C)c(C=O)c1Br. The van der Waals surface area contributed by atoms with Gasteiger partial charge in [0.15, 0.2) is 14.6 Å². The van der Waals surface area contributed by atoms with E-state index in [0.29, 0.717) is 18.8 Å². The van der Waals surface area contributed by atoms with Gasteiger partial charge in [-0.2, -0.15) is 5.10 Å². The second-order valence-electron chi connectivity index (χ2n) is 6.23. The summed E-state index contributed by atoms with van der Waals surface area (Å²) in [5.74, 6) is 0. The summed E-state index contributed by atoms with van der Waals surface area (Å²) in [5, 5.41) is 4.53. The average Bonchev–Trinajstić information content (AvgIpc) is 2.52. The molecule has 1 aromatic rings. The molecule has 0 aromatic carbocycles. The van der Waals surface area contributed by atoms with Crippen LogP contribution < -0.4 is 0 Å². The van der Waals surface area contributed by atoms with Crippen LogP contribution in [0.15, 0.2) is 4.47 Å². The number of carbonyl (C=O) groups excluding carboxylic acids is 1. The van der Waals surface area contributed by atoms with E-state index in [1.54, 1.807) is 4.68 Å². The lowest BCUT2D eigenvalue weighted by atomic mass is 10.2. The molecule has 0 amide bonds. The molecule has 6 heteroatoms. The first kappa shape index (κ1) is 16.6. The molecule has 108 valence electrons. The summed E-state index contributed by atoms with van der Waals surface area (Å²) >= 11 is 3.38. The molecule has 0 aliphatic rings. The minimum Gasteiger partial charge on any atom is -0.415 e. The number of hydrogen-bond donors (Lipinski definition) is 0. The van der Waals surface area contributed by atoms with E-state index in [-0.39, 0.29) is 5.04 Å². The van der Waals surface area contributed by atoms with Gasteiger partial charge in [-0.1, -0.05) is 20.8 Å². The van der Waals surface area contributed by atoms with E-state index in [4.69, 9.17) is 4.43 Å². The molecule has 0 aliphatic carbocycles. The normalized spacial score (nSPS) is 12.8. The maximum atomic E-state index is 11.1. The standard InChI is InChI=1S/C13H23BrN2O2Si/c1-10-12(14)11(9-17)16(15-10)7-8-18-19(5,6)13(2,3)4/h9H,7-8H2,1-6H3. The van der Waals surface area contributed by atoms with Crippen molar-refractivity contribution in [3.63, 3.8) is 0 Å². The Morgan fingerprint density at radius 3 is 2.47 bits per heavy atom. The smallest absolute Gasteiger partial charge is 0.192 e. The van der Waals surface area contributed by atoms with Crippen molar-refractivity contribution in [1.29, 1.82) is 0 Å². The Morgan fingerprint density at radius 2 is 2.00 bits per heavy atom. The van der Waals surface area contributed by atoms with Crippen LogP contribution in [-0.2, 0) is 11.0 Å². The second kappa shape index (κ2) is 5.89. The van der Waals surface area contributed by atoms with Crippen LogP contribution in [0.2, 0.25) is 18.1 Å². The number of hydrogen-bond acceptors (Lipinski definition) is 3. The van der Waals surface area contributed by atoms with Gasteiger partial charge < -0.3 is 4.43 Å². The predicted molar refractivity (Wildman–Crippen MR) is 83.2 cm³/mol. The van der Waals surface area contributed by atoms with Crippen molar-refractivity contribution in [3.8, 4) is 0 Å². The number of halogens is 1. The molecule has 0 unspecified atom stereocenters. The molecule has 0 spiro atoms. The third-order valence-corrected chi connectivity index (χ3v) is 9.29. The molecule has 0 saturated carbocycles. The lowest BCUT2D eigenvalue weighted by Crippen LogP contribution is -2.41. The molecule has 19 heavy (non-hydrogen) atoms. The largest absolute Gasteiger partial charge is 0.415 e. The Labute approximate surface area is 124 Å². The molecule has 1 rings (SSSR count). The van der Waals surface area contributed by atoms with Crippen LogP contribution in [0.1, 0.15) is 37.0 Å². The van der Waals surface area contributed by atoms with Crippen molar-refractivity contribution in [2.75, 3.05) is 6.61 Å². The molecular weight excluding hydrogens is 324 g/mol. The molecule has 0 atom stereocenters. The van der Waals surface area contributed by atoms with Crippen LogP contribution in [-0.4, -0.2) is 31.0 Å². The third-order valence-electron chi connectivity index (χ3n) is 3.78. The quantitative estimate of drug-likeness (QED) is 0.601. The van der Waals surface area contributed by atoms with Crippen LogP contribution in [0.4, 0.5) is 0 Å². The van der Waals surface area contributed by atoms with E-state index in [1.165, 1.54) is 0 Å². The van der Waals surface area contributed by atoms with Gasteiger partial charge in [0.2, 0.25) is 0 Å². The van der Waals surface area contributed by atoms with E-state index in [9.17, 15) is 4.79 Å². The van der Waals surface area contributed by atoms with Crippen LogP contribution in [0.5, 0.6) is 0 Å². The van der Waals surface area contributed by atoms with Gasteiger partial charge in [0.1, 0.15) is 5.69 Å². The Balaban J connectivity index is 2.69. The molecule has 0 bridgehead atoms. The van der Waals surface area contributed by atoms with Crippen LogP contribution in [0, 0.1) is 6.92 Å². The van der Waals surface area contributed by atoms with Gasteiger partial charge in [0, 0.05) is 0 Å². The van der Waals surface area contributed by atoms with Gasteiger partial charge in [-0.05, 0) is 41.0 Å². The molecule has 4 nitrogen and oxygen atoms in total. The highest BCUT2D eigenvalue weighted by Gasteiger charge is 2.36.